The van der Waals surface area contributed by atoms with Crippen LogP contribution in [0.25, 0.3) is 0 Å². The highest BCUT2D eigenvalue weighted by Crippen LogP contribution is 2.28. The summed E-state index contributed by atoms with van der Waals surface area (Å²) in [4.78, 5) is 4.23. The van der Waals surface area contributed by atoms with Crippen LogP contribution in [0.4, 0.5) is 0 Å². The Balaban J connectivity index is 1.76. The van der Waals surface area contributed by atoms with Gasteiger partial charge in [0.25, 0.3) is 0 Å². The van der Waals surface area contributed by atoms with E-state index in [9.17, 15) is 0 Å². The number of ether oxygens (including phenoxy) is 2. The van der Waals surface area contributed by atoms with Crippen molar-refractivity contribution in [2.75, 3.05) is 20.7 Å². The fraction of sp³-hybridized carbons (Fsp3) is 0.562. The van der Waals surface area contributed by atoms with Gasteiger partial charge in [-0.2, -0.15) is 0 Å². The smallest absolute Gasteiger partial charge is 0.191 e. The number of hydrogen-bond acceptors (Lipinski definition) is 3. The zero-order valence-electron chi connectivity index (χ0n) is 13.2. The van der Waals surface area contributed by atoms with Gasteiger partial charge in [0, 0.05) is 19.2 Å². The molecule has 1 aromatic carbocycles. The van der Waals surface area contributed by atoms with Crippen molar-refractivity contribution in [1.82, 2.24) is 10.6 Å². The van der Waals surface area contributed by atoms with Crippen LogP contribution in [0.1, 0.15) is 20.3 Å². The molecule has 0 heterocycles. The molecule has 2 rings (SSSR count). The monoisotopic (exact) mass is 291 g/mol. The molecule has 0 aromatic heterocycles. The van der Waals surface area contributed by atoms with Crippen LogP contribution < -0.4 is 20.1 Å². The van der Waals surface area contributed by atoms with Crippen molar-refractivity contribution >= 4 is 5.96 Å². The van der Waals surface area contributed by atoms with E-state index in [1.54, 1.807) is 14.2 Å². The minimum absolute atomic E-state index is 0.0345. The van der Waals surface area contributed by atoms with Crippen LogP contribution in [0.5, 0.6) is 11.5 Å². The zero-order chi connectivity index (χ0) is 15.2. The Morgan fingerprint density at radius 2 is 2.14 bits per heavy atom. The largest absolute Gasteiger partial charge is 0.497 e. The van der Waals surface area contributed by atoms with E-state index < -0.39 is 0 Å². The minimum Gasteiger partial charge on any atom is -0.497 e. The second kappa shape index (κ2) is 7.20. The topological polar surface area (TPSA) is 54.9 Å². The van der Waals surface area contributed by atoms with Crippen molar-refractivity contribution in [3.05, 3.63) is 24.3 Å². The van der Waals surface area contributed by atoms with Crippen molar-refractivity contribution < 1.29 is 9.47 Å². The predicted molar refractivity (Wildman–Crippen MR) is 85.2 cm³/mol. The van der Waals surface area contributed by atoms with Gasteiger partial charge in [-0.05, 0) is 31.4 Å². The number of methoxy groups -OCH3 is 1. The molecule has 0 saturated heterocycles. The number of hydrogen-bond donors (Lipinski definition) is 2. The Hall–Kier alpha value is -1.91. The quantitative estimate of drug-likeness (QED) is 0.622. The van der Waals surface area contributed by atoms with E-state index in [0.717, 1.165) is 23.4 Å². The summed E-state index contributed by atoms with van der Waals surface area (Å²) in [5.74, 6) is 3.19. The number of nitrogens with one attached hydrogen (secondary N) is 2. The lowest BCUT2D eigenvalue weighted by atomic mass is 10.3. The fourth-order valence-electron chi connectivity index (χ4n) is 2.08. The van der Waals surface area contributed by atoms with Crippen molar-refractivity contribution in [2.45, 2.75) is 32.4 Å². The van der Waals surface area contributed by atoms with E-state index in [1.165, 1.54) is 6.42 Å². The van der Waals surface area contributed by atoms with Crippen molar-refractivity contribution in [3.8, 4) is 11.5 Å². The van der Waals surface area contributed by atoms with Crippen LogP contribution in [-0.2, 0) is 0 Å². The van der Waals surface area contributed by atoms with Crippen molar-refractivity contribution in [3.63, 3.8) is 0 Å². The van der Waals surface area contributed by atoms with Gasteiger partial charge in [-0.25, -0.2) is 0 Å². The maximum atomic E-state index is 5.87. The van der Waals surface area contributed by atoms with Crippen LogP contribution in [0.3, 0.4) is 0 Å². The Bertz CT molecular complexity index is 490. The molecule has 5 heteroatoms. The van der Waals surface area contributed by atoms with Gasteiger partial charge in [-0.1, -0.05) is 13.0 Å². The number of guanidine groups is 1. The second-order valence-electron chi connectivity index (χ2n) is 5.52. The normalized spacial score (nSPS) is 22.4. The lowest BCUT2D eigenvalue weighted by Crippen LogP contribution is -2.43. The third-order valence-electron chi connectivity index (χ3n) is 3.59. The Kier molecular flexibility index (Phi) is 5.31. The molecule has 1 saturated carbocycles. The molecule has 3 atom stereocenters. The molecule has 0 spiro atoms. The lowest BCUT2D eigenvalue weighted by molar-refractivity contribution is 0.223. The Labute approximate surface area is 126 Å². The highest BCUT2D eigenvalue weighted by atomic mass is 16.5. The summed E-state index contributed by atoms with van der Waals surface area (Å²) < 4.78 is 11.1. The van der Waals surface area contributed by atoms with Crippen LogP contribution in [-0.4, -0.2) is 38.8 Å². The minimum atomic E-state index is 0.0345. The molecule has 0 radical (unpaired) electrons. The molecule has 0 amide bonds. The van der Waals surface area contributed by atoms with Gasteiger partial charge in [0.15, 0.2) is 5.96 Å². The number of rotatable bonds is 6. The number of nitrogens with zero attached hydrogens (tertiary/aromatic N) is 1. The molecular formula is C16H25N3O2. The van der Waals surface area contributed by atoms with Crippen LogP contribution in [0.15, 0.2) is 29.3 Å². The summed E-state index contributed by atoms with van der Waals surface area (Å²) in [6, 6.07) is 8.19. The first-order valence-electron chi connectivity index (χ1n) is 7.40. The SMILES string of the molecule is CN=C(NCC(C)Oc1cccc(OC)c1)NC1CC1C. The van der Waals surface area contributed by atoms with E-state index in [0.29, 0.717) is 12.6 Å². The lowest BCUT2D eigenvalue weighted by Gasteiger charge is -2.18. The molecule has 1 aromatic rings. The van der Waals surface area contributed by atoms with Crippen LogP contribution in [0, 0.1) is 5.92 Å². The number of benzene rings is 1. The van der Waals surface area contributed by atoms with Crippen LogP contribution >= 0.6 is 0 Å². The number of aliphatic imine (C=N–C) groups is 1. The van der Waals surface area contributed by atoms with Gasteiger partial charge < -0.3 is 20.1 Å². The second-order valence-corrected chi connectivity index (χ2v) is 5.52. The molecular weight excluding hydrogens is 266 g/mol. The summed E-state index contributed by atoms with van der Waals surface area (Å²) >= 11 is 0. The standard InChI is InChI=1S/C16H25N3O2/c1-11-8-15(11)19-16(17-3)18-10-12(2)21-14-7-5-6-13(9-14)20-4/h5-7,9,11-12,15H,8,10H2,1-4H3,(H2,17,18,19). The molecule has 5 nitrogen and oxygen atoms in total. The molecule has 1 aliphatic carbocycles. The van der Waals surface area contributed by atoms with Gasteiger partial charge in [-0.3, -0.25) is 4.99 Å². The molecule has 116 valence electrons. The average molecular weight is 291 g/mol. The zero-order valence-corrected chi connectivity index (χ0v) is 13.2. The predicted octanol–water partition coefficient (Wildman–Crippen LogP) is 2.04. The average Bonchev–Trinajstić information content (AvgIpc) is 3.18. The molecule has 0 aliphatic heterocycles. The van der Waals surface area contributed by atoms with Gasteiger partial charge in [0.05, 0.1) is 13.7 Å². The highest BCUT2D eigenvalue weighted by molar-refractivity contribution is 5.80. The first-order valence-corrected chi connectivity index (χ1v) is 7.40. The maximum absolute atomic E-state index is 5.87. The van der Waals surface area contributed by atoms with E-state index >= 15 is 0 Å². The van der Waals surface area contributed by atoms with E-state index in [-0.39, 0.29) is 6.10 Å². The van der Waals surface area contributed by atoms with E-state index in [4.69, 9.17) is 9.47 Å². The van der Waals surface area contributed by atoms with E-state index in [1.807, 2.05) is 31.2 Å². The van der Waals surface area contributed by atoms with Crippen molar-refractivity contribution in [1.29, 1.82) is 0 Å². The third kappa shape index (κ3) is 4.85. The summed E-state index contributed by atoms with van der Waals surface area (Å²) in [5.41, 5.74) is 0. The fourth-order valence-corrected chi connectivity index (χ4v) is 2.08. The van der Waals surface area contributed by atoms with Crippen LogP contribution in [0.2, 0.25) is 0 Å². The Morgan fingerprint density at radius 1 is 1.43 bits per heavy atom. The first-order chi connectivity index (χ1) is 10.1. The summed E-state index contributed by atoms with van der Waals surface area (Å²) in [7, 11) is 3.44. The first kappa shape index (κ1) is 15.5. The molecule has 2 N–H and O–H groups in total. The third-order valence-corrected chi connectivity index (χ3v) is 3.59. The summed E-state index contributed by atoms with van der Waals surface area (Å²) in [6.07, 6.45) is 1.25. The molecule has 3 unspecified atom stereocenters. The van der Waals surface area contributed by atoms with Crippen molar-refractivity contribution in [2.24, 2.45) is 10.9 Å². The summed E-state index contributed by atoms with van der Waals surface area (Å²) in [6.45, 7) is 4.96. The van der Waals surface area contributed by atoms with Gasteiger partial charge >= 0.3 is 0 Å². The van der Waals surface area contributed by atoms with Gasteiger partial charge in [-0.15, -0.1) is 0 Å². The molecule has 1 fully saturated rings. The van der Waals surface area contributed by atoms with E-state index in [2.05, 4.69) is 22.5 Å². The molecule has 0 bridgehead atoms. The van der Waals surface area contributed by atoms with Gasteiger partial charge in [0.2, 0.25) is 0 Å². The highest BCUT2D eigenvalue weighted by Gasteiger charge is 2.33. The summed E-state index contributed by atoms with van der Waals surface area (Å²) in [5, 5.41) is 6.68. The molecule has 21 heavy (non-hydrogen) atoms. The molecule has 1 aliphatic rings. The van der Waals surface area contributed by atoms with Gasteiger partial charge in [0.1, 0.15) is 17.6 Å². The maximum Gasteiger partial charge on any atom is 0.191 e. The Morgan fingerprint density at radius 3 is 2.76 bits per heavy atom.